The van der Waals surface area contributed by atoms with Gasteiger partial charge in [-0.1, -0.05) is 32.9 Å². The molecule has 0 atom stereocenters. The number of benzene rings is 2. The van der Waals surface area contributed by atoms with Crippen molar-refractivity contribution < 1.29 is 13.2 Å². The lowest BCUT2D eigenvalue weighted by Gasteiger charge is -2.21. The van der Waals surface area contributed by atoms with Crippen LogP contribution in [0.3, 0.4) is 0 Å². The molecule has 0 saturated heterocycles. The van der Waals surface area contributed by atoms with Crippen molar-refractivity contribution in [1.29, 1.82) is 0 Å². The first-order valence-corrected chi connectivity index (χ1v) is 11.0. The van der Waals surface area contributed by atoms with Gasteiger partial charge in [-0.2, -0.15) is 0 Å². The number of rotatable bonds is 6. The number of aryl methyl sites for hydroxylation is 1. The first-order valence-electron chi connectivity index (χ1n) is 9.53. The first-order chi connectivity index (χ1) is 13.0. The maximum absolute atomic E-state index is 12.9. The predicted octanol–water partition coefficient (Wildman–Crippen LogP) is 4.58. The second-order valence-corrected chi connectivity index (χ2v) is 9.54. The third-order valence-corrected chi connectivity index (χ3v) is 6.30. The van der Waals surface area contributed by atoms with E-state index in [0.29, 0.717) is 29.9 Å². The van der Waals surface area contributed by atoms with Gasteiger partial charge in [0.1, 0.15) is 0 Å². The van der Waals surface area contributed by atoms with Crippen LogP contribution in [0.2, 0.25) is 0 Å². The Morgan fingerprint density at radius 3 is 2.07 bits per heavy atom. The highest BCUT2D eigenvalue weighted by atomic mass is 32.2. The number of hydrogen-bond donors (Lipinski definition) is 1. The summed E-state index contributed by atoms with van der Waals surface area (Å²) in [4.78, 5) is 14.4. The minimum Gasteiger partial charge on any atom is -0.339 e. The van der Waals surface area contributed by atoms with Gasteiger partial charge >= 0.3 is 0 Å². The molecule has 2 aromatic carbocycles. The Labute approximate surface area is 168 Å². The van der Waals surface area contributed by atoms with E-state index in [1.54, 1.807) is 42.2 Å². The molecule has 28 heavy (non-hydrogen) atoms. The highest BCUT2D eigenvalue weighted by Crippen LogP contribution is 2.28. The quantitative estimate of drug-likeness (QED) is 0.769. The number of anilines is 1. The smallest absolute Gasteiger partial charge is 0.262 e. The van der Waals surface area contributed by atoms with Crippen molar-refractivity contribution in [2.24, 2.45) is 0 Å². The Bertz CT molecular complexity index is 939. The second kappa shape index (κ2) is 8.35. The minimum absolute atomic E-state index is 0.0619. The summed E-state index contributed by atoms with van der Waals surface area (Å²) in [7, 11) is -3.73. The highest BCUT2D eigenvalue weighted by molar-refractivity contribution is 7.92. The van der Waals surface area contributed by atoms with E-state index in [1.165, 1.54) is 0 Å². The molecule has 1 N–H and O–H groups in total. The lowest BCUT2D eigenvalue weighted by molar-refractivity contribution is 0.0773. The molecule has 0 radical (unpaired) electrons. The van der Waals surface area contributed by atoms with Gasteiger partial charge in [0.05, 0.1) is 4.90 Å². The molecule has 0 heterocycles. The molecule has 152 valence electrons. The highest BCUT2D eigenvalue weighted by Gasteiger charge is 2.22. The monoisotopic (exact) mass is 402 g/mol. The van der Waals surface area contributed by atoms with Crippen LogP contribution in [0, 0.1) is 6.92 Å². The lowest BCUT2D eigenvalue weighted by atomic mass is 9.87. The molecule has 0 unspecified atom stereocenters. The molecular formula is C22H30N2O3S. The van der Waals surface area contributed by atoms with Crippen molar-refractivity contribution in [3.05, 3.63) is 59.2 Å². The van der Waals surface area contributed by atoms with Crippen LogP contribution in [0.15, 0.2) is 47.4 Å². The molecule has 1 amide bonds. The van der Waals surface area contributed by atoms with Crippen LogP contribution in [0.1, 0.15) is 56.1 Å². The Morgan fingerprint density at radius 2 is 1.57 bits per heavy atom. The van der Waals surface area contributed by atoms with Crippen LogP contribution < -0.4 is 4.72 Å². The molecule has 2 aromatic rings. The topological polar surface area (TPSA) is 66.5 Å². The van der Waals surface area contributed by atoms with Crippen molar-refractivity contribution in [3.8, 4) is 0 Å². The van der Waals surface area contributed by atoms with Crippen LogP contribution in [-0.4, -0.2) is 32.3 Å². The molecule has 0 aliphatic rings. The molecule has 6 heteroatoms. The summed E-state index contributed by atoms with van der Waals surface area (Å²) in [6.45, 7) is 13.1. The van der Waals surface area contributed by atoms with Crippen LogP contribution in [-0.2, 0) is 15.4 Å². The Hall–Kier alpha value is -2.34. The van der Waals surface area contributed by atoms with Gasteiger partial charge in [-0.15, -0.1) is 0 Å². The number of sulfonamides is 1. The van der Waals surface area contributed by atoms with Gasteiger partial charge in [0.15, 0.2) is 0 Å². The Morgan fingerprint density at radius 1 is 1.00 bits per heavy atom. The molecule has 5 nitrogen and oxygen atoms in total. The van der Waals surface area contributed by atoms with Gasteiger partial charge < -0.3 is 4.90 Å². The normalized spacial score (nSPS) is 11.9. The van der Waals surface area contributed by atoms with Gasteiger partial charge in [-0.05, 0) is 67.6 Å². The SMILES string of the molecule is CCN(CC)C(=O)c1ccc(NS(=O)(=O)c2cc(C(C)(C)C)ccc2C)cc1. The average molecular weight is 403 g/mol. The number of carbonyl (C=O) groups excluding carboxylic acids is 1. The maximum atomic E-state index is 12.9. The molecule has 0 fully saturated rings. The van der Waals surface area contributed by atoms with E-state index in [2.05, 4.69) is 4.72 Å². The van der Waals surface area contributed by atoms with Crippen molar-refractivity contribution in [2.45, 2.75) is 51.9 Å². The van der Waals surface area contributed by atoms with Crippen molar-refractivity contribution >= 4 is 21.6 Å². The fourth-order valence-corrected chi connectivity index (χ4v) is 4.27. The number of amides is 1. The maximum Gasteiger partial charge on any atom is 0.262 e. The molecule has 0 bridgehead atoms. The summed E-state index contributed by atoms with van der Waals surface area (Å²) in [6, 6.07) is 12.1. The predicted molar refractivity (Wildman–Crippen MR) is 114 cm³/mol. The first kappa shape index (κ1) is 22.0. The van der Waals surface area contributed by atoms with Crippen LogP contribution in [0.25, 0.3) is 0 Å². The summed E-state index contributed by atoms with van der Waals surface area (Å²) >= 11 is 0. The third kappa shape index (κ3) is 4.93. The Kier molecular flexibility index (Phi) is 6.55. The number of hydrogen-bond acceptors (Lipinski definition) is 3. The van der Waals surface area contributed by atoms with Gasteiger partial charge in [-0.3, -0.25) is 9.52 Å². The van der Waals surface area contributed by atoms with Crippen molar-refractivity contribution in [2.75, 3.05) is 17.8 Å². The summed E-state index contributed by atoms with van der Waals surface area (Å²) in [5.74, 6) is -0.0619. The third-order valence-electron chi connectivity index (χ3n) is 4.78. The van der Waals surface area contributed by atoms with Crippen LogP contribution in [0.4, 0.5) is 5.69 Å². The molecule has 2 rings (SSSR count). The number of nitrogens with one attached hydrogen (secondary N) is 1. The minimum atomic E-state index is -3.73. The van der Waals surface area contributed by atoms with Crippen LogP contribution in [0.5, 0.6) is 0 Å². The van der Waals surface area contributed by atoms with E-state index in [1.807, 2.05) is 46.8 Å². The summed E-state index contributed by atoms with van der Waals surface area (Å²) in [5, 5.41) is 0. The second-order valence-electron chi connectivity index (χ2n) is 7.89. The van der Waals surface area contributed by atoms with Crippen LogP contribution >= 0.6 is 0 Å². The van der Waals surface area contributed by atoms with E-state index >= 15 is 0 Å². The van der Waals surface area contributed by atoms with Crippen molar-refractivity contribution in [1.82, 2.24) is 4.90 Å². The standard InChI is InChI=1S/C22H30N2O3S/c1-7-24(8-2)21(25)17-10-13-19(14-11-17)23-28(26,27)20-15-18(22(4,5)6)12-9-16(20)3/h9-15,23H,7-8H2,1-6H3. The summed E-state index contributed by atoms with van der Waals surface area (Å²) < 4.78 is 28.5. The molecule has 0 aromatic heterocycles. The fourth-order valence-electron chi connectivity index (χ4n) is 2.94. The Balaban J connectivity index is 2.29. The van der Waals surface area contributed by atoms with Gasteiger partial charge in [-0.25, -0.2) is 8.42 Å². The van der Waals surface area contributed by atoms with E-state index in [-0.39, 0.29) is 16.2 Å². The fraction of sp³-hybridized carbons (Fsp3) is 0.409. The van der Waals surface area contributed by atoms with E-state index in [4.69, 9.17) is 0 Å². The van der Waals surface area contributed by atoms with Gasteiger partial charge in [0, 0.05) is 24.3 Å². The van der Waals surface area contributed by atoms with Gasteiger partial charge in [0.25, 0.3) is 15.9 Å². The van der Waals surface area contributed by atoms with Gasteiger partial charge in [0.2, 0.25) is 0 Å². The summed E-state index contributed by atoms with van der Waals surface area (Å²) in [6.07, 6.45) is 0. The van der Waals surface area contributed by atoms with Crippen molar-refractivity contribution in [3.63, 3.8) is 0 Å². The summed E-state index contributed by atoms with van der Waals surface area (Å²) in [5.41, 5.74) is 2.46. The van der Waals surface area contributed by atoms with E-state index < -0.39 is 10.0 Å². The molecule has 0 spiro atoms. The zero-order valence-corrected chi connectivity index (χ0v) is 18.4. The lowest BCUT2D eigenvalue weighted by Crippen LogP contribution is -2.30. The molecule has 0 saturated carbocycles. The molecule has 0 aliphatic heterocycles. The number of nitrogens with zero attached hydrogens (tertiary/aromatic N) is 1. The average Bonchev–Trinajstić information content (AvgIpc) is 2.62. The zero-order valence-electron chi connectivity index (χ0n) is 17.5. The zero-order chi connectivity index (χ0) is 21.1. The van der Waals surface area contributed by atoms with E-state index in [0.717, 1.165) is 5.56 Å². The molecular weight excluding hydrogens is 372 g/mol. The van der Waals surface area contributed by atoms with E-state index in [9.17, 15) is 13.2 Å². The molecule has 0 aliphatic carbocycles. The number of carbonyl (C=O) groups is 1. The largest absolute Gasteiger partial charge is 0.339 e.